The van der Waals surface area contributed by atoms with Gasteiger partial charge in [0.2, 0.25) is 5.91 Å². The van der Waals surface area contributed by atoms with Gasteiger partial charge in [-0.3, -0.25) is 4.79 Å². The van der Waals surface area contributed by atoms with Crippen LogP contribution in [0.5, 0.6) is 0 Å². The first-order valence-electron chi connectivity index (χ1n) is 5.93. The van der Waals surface area contributed by atoms with Crippen LogP contribution in [-0.4, -0.2) is 10.9 Å². The summed E-state index contributed by atoms with van der Waals surface area (Å²) < 4.78 is 0. The van der Waals surface area contributed by atoms with Gasteiger partial charge < -0.3 is 5.32 Å². The average Bonchev–Trinajstić information content (AvgIpc) is 2.87. The molecule has 1 fully saturated rings. The van der Waals surface area contributed by atoms with Crippen molar-refractivity contribution >= 4 is 22.4 Å². The molecule has 0 aliphatic heterocycles. The summed E-state index contributed by atoms with van der Waals surface area (Å²) in [5.74, 6) is 0.850. The van der Waals surface area contributed by atoms with E-state index in [-0.39, 0.29) is 11.8 Å². The van der Waals surface area contributed by atoms with Gasteiger partial charge in [0, 0.05) is 17.0 Å². The first-order valence-corrected chi connectivity index (χ1v) is 6.75. The van der Waals surface area contributed by atoms with Crippen LogP contribution in [-0.2, 0) is 4.79 Å². The Bertz CT molecular complexity index is 367. The molecular weight excluding hydrogens is 220 g/mol. The molecule has 0 saturated heterocycles. The van der Waals surface area contributed by atoms with Crippen LogP contribution in [0.2, 0.25) is 0 Å². The van der Waals surface area contributed by atoms with Gasteiger partial charge >= 0.3 is 0 Å². The first-order chi connectivity index (χ1) is 7.66. The maximum atomic E-state index is 11.8. The van der Waals surface area contributed by atoms with Crippen LogP contribution in [0.15, 0.2) is 6.20 Å². The van der Waals surface area contributed by atoms with Crippen molar-refractivity contribution in [3.8, 4) is 0 Å². The topological polar surface area (TPSA) is 42.0 Å². The number of hydrogen-bond donors (Lipinski definition) is 1. The Hall–Kier alpha value is -0.900. The maximum Gasteiger partial charge on any atom is 0.229 e. The highest BCUT2D eigenvalue weighted by Gasteiger charge is 2.23. The minimum atomic E-state index is 0.155. The number of nitrogens with zero attached hydrogens (tertiary/aromatic N) is 1. The number of hydrogen-bond acceptors (Lipinski definition) is 3. The second-order valence-electron chi connectivity index (χ2n) is 4.69. The van der Waals surface area contributed by atoms with Crippen LogP contribution in [0, 0.1) is 5.92 Å². The van der Waals surface area contributed by atoms with E-state index >= 15 is 0 Å². The fourth-order valence-electron chi connectivity index (χ4n) is 2.01. The number of nitrogens with one attached hydrogen (secondary N) is 1. The predicted molar refractivity (Wildman–Crippen MR) is 66.8 cm³/mol. The number of carbonyl (C=O) groups is 1. The SMILES string of the molecule is CC(C)c1cnc(NC(=O)C2CCCC2)s1. The Morgan fingerprint density at radius 2 is 2.19 bits per heavy atom. The molecule has 0 radical (unpaired) electrons. The van der Waals surface area contributed by atoms with Crippen molar-refractivity contribution in [3.05, 3.63) is 11.1 Å². The van der Waals surface area contributed by atoms with Crippen LogP contribution < -0.4 is 5.32 Å². The Morgan fingerprint density at radius 3 is 2.75 bits per heavy atom. The fraction of sp³-hybridized carbons (Fsp3) is 0.667. The molecule has 0 aromatic carbocycles. The molecule has 0 unspecified atom stereocenters. The lowest BCUT2D eigenvalue weighted by Gasteiger charge is -2.07. The van der Waals surface area contributed by atoms with Gasteiger partial charge in [-0.1, -0.05) is 26.7 Å². The molecule has 1 amide bonds. The molecule has 0 bridgehead atoms. The van der Waals surface area contributed by atoms with E-state index in [1.54, 1.807) is 11.3 Å². The second kappa shape index (κ2) is 4.95. The highest BCUT2D eigenvalue weighted by molar-refractivity contribution is 7.15. The number of aromatic nitrogens is 1. The van der Waals surface area contributed by atoms with Crippen molar-refractivity contribution in [2.24, 2.45) is 5.92 Å². The summed E-state index contributed by atoms with van der Waals surface area (Å²) in [6, 6.07) is 0. The van der Waals surface area contributed by atoms with Gasteiger partial charge in [-0.05, 0) is 18.8 Å². The lowest BCUT2D eigenvalue weighted by molar-refractivity contribution is -0.119. The highest BCUT2D eigenvalue weighted by atomic mass is 32.1. The summed E-state index contributed by atoms with van der Waals surface area (Å²) >= 11 is 1.59. The zero-order chi connectivity index (χ0) is 11.5. The molecule has 1 saturated carbocycles. The van der Waals surface area contributed by atoms with Gasteiger partial charge in [-0.15, -0.1) is 11.3 Å². The largest absolute Gasteiger partial charge is 0.302 e. The molecular formula is C12H18N2OS. The van der Waals surface area contributed by atoms with E-state index in [4.69, 9.17) is 0 Å². The van der Waals surface area contributed by atoms with Crippen LogP contribution in [0.1, 0.15) is 50.3 Å². The fourth-order valence-corrected chi connectivity index (χ4v) is 2.83. The normalized spacial score (nSPS) is 16.9. The average molecular weight is 238 g/mol. The Balaban J connectivity index is 1.95. The summed E-state index contributed by atoms with van der Waals surface area (Å²) in [6.45, 7) is 4.27. The molecule has 3 nitrogen and oxygen atoms in total. The standard InChI is InChI=1S/C12H18N2OS/c1-8(2)10-7-13-12(16-10)14-11(15)9-5-3-4-6-9/h7-9H,3-6H2,1-2H3,(H,13,14,15). The summed E-state index contributed by atoms with van der Waals surface area (Å²) in [5.41, 5.74) is 0. The summed E-state index contributed by atoms with van der Waals surface area (Å²) in [5, 5.41) is 3.68. The molecule has 2 rings (SSSR count). The molecule has 1 aliphatic rings. The first kappa shape index (κ1) is 11.6. The minimum absolute atomic E-state index is 0.155. The van der Waals surface area contributed by atoms with Gasteiger partial charge in [0.15, 0.2) is 5.13 Å². The van der Waals surface area contributed by atoms with Gasteiger partial charge in [0.05, 0.1) is 0 Å². The van der Waals surface area contributed by atoms with E-state index in [0.717, 1.165) is 18.0 Å². The molecule has 1 heterocycles. The number of amides is 1. The number of rotatable bonds is 3. The second-order valence-corrected chi connectivity index (χ2v) is 5.76. The molecule has 0 spiro atoms. The van der Waals surface area contributed by atoms with E-state index in [2.05, 4.69) is 24.1 Å². The molecule has 1 aromatic heterocycles. The van der Waals surface area contributed by atoms with E-state index in [9.17, 15) is 4.79 Å². The van der Waals surface area contributed by atoms with Gasteiger partial charge in [-0.2, -0.15) is 0 Å². The summed E-state index contributed by atoms with van der Waals surface area (Å²) in [7, 11) is 0. The Kier molecular flexibility index (Phi) is 3.59. The highest BCUT2D eigenvalue weighted by Crippen LogP contribution is 2.28. The lowest BCUT2D eigenvalue weighted by atomic mass is 10.1. The van der Waals surface area contributed by atoms with Crippen molar-refractivity contribution in [2.45, 2.75) is 45.4 Å². The predicted octanol–water partition coefficient (Wildman–Crippen LogP) is 3.40. The van der Waals surface area contributed by atoms with E-state index < -0.39 is 0 Å². The zero-order valence-electron chi connectivity index (χ0n) is 9.82. The number of carbonyl (C=O) groups excluding carboxylic acids is 1. The van der Waals surface area contributed by atoms with E-state index in [0.29, 0.717) is 5.92 Å². The summed E-state index contributed by atoms with van der Waals surface area (Å²) in [6.07, 6.45) is 6.31. The van der Waals surface area contributed by atoms with E-state index in [1.807, 2.05) is 6.20 Å². The van der Waals surface area contributed by atoms with Crippen molar-refractivity contribution in [2.75, 3.05) is 5.32 Å². The van der Waals surface area contributed by atoms with Crippen molar-refractivity contribution in [1.82, 2.24) is 4.98 Å². The van der Waals surface area contributed by atoms with Crippen LogP contribution >= 0.6 is 11.3 Å². The van der Waals surface area contributed by atoms with Gasteiger partial charge in [-0.25, -0.2) is 4.98 Å². The van der Waals surface area contributed by atoms with Gasteiger partial charge in [0.1, 0.15) is 0 Å². The smallest absolute Gasteiger partial charge is 0.229 e. The molecule has 0 atom stereocenters. The Labute approximate surface area is 100 Å². The van der Waals surface area contributed by atoms with Crippen molar-refractivity contribution in [3.63, 3.8) is 0 Å². The maximum absolute atomic E-state index is 11.8. The number of anilines is 1. The molecule has 1 N–H and O–H groups in total. The minimum Gasteiger partial charge on any atom is -0.302 e. The van der Waals surface area contributed by atoms with Gasteiger partial charge in [0.25, 0.3) is 0 Å². The Morgan fingerprint density at radius 1 is 1.50 bits per heavy atom. The molecule has 4 heteroatoms. The molecule has 16 heavy (non-hydrogen) atoms. The van der Waals surface area contributed by atoms with Crippen LogP contribution in [0.25, 0.3) is 0 Å². The molecule has 88 valence electrons. The van der Waals surface area contributed by atoms with Crippen molar-refractivity contribution < 1.29 is 4.79 Å². The third-order valence-electron chi connectivity index (χ3n) is 3.05. The van der Waals surface area contributed by atoms with Crippen LogP contribution in [0.4, 0.5) is 5.13 Å². The number of thiazole rings is 1. The van der Waals surface area contributed by atoms with Crippen LogP contribution in [0.3, 0.4) is 0 Å². The zero-order valence-corrected chi connectivity index (χ0v) is 10.6. The van der Waals surface area contributed by atoms with E-state index in [1.165, 1.54) is 17.7 Å². The third kappa shape index (κ3) is 2.61. The molecule has 1 aromatic rings. The third-order valence-corrected chi connectivity index (χ3v) is 4.26. The quantitative estimate of drug-likeness (QED) is 0.877. The monoisotopic (exact) mass is 238 g/mol. The summed E-state index contributed by atoms with van der Waals surface area (Å²) in [4.78, 5) is 17.3. The molecule has 1 aliphatic carbocycles. The van der Waals surface area contributed by atoms with Crippen molar-refractivity contribution in [1.29, 1.82) is 0 Å². The lowest BCUT2D eigenvalue weighted by Crippen LogP contribution is -2.19.